The van der Waals surface area contributed by atoms with Crippen LogP contribution < -0.4 is 10.2 Å². The first-order chi connectivity index (χ1) is 16.4. The molecule has 1 aliphatic rings. The van der Waals surface area contributed by atoms with Crippen LogP contribution in [0.2, 0.25) is 5.02 Å². The number of hydrogen-bond acceptors (Lipinski definition) is 4. The summed E-state index contributed by atoms with van der Waals surface area (Å²) in [6.45, 7) is 1.86. The Hall–Kier alpha value is -3.05. The molecule has 0 aromatic heterocycles. The fourth-order valence-electron chi connectivity index (χ4n) is 3.50. The summed E-state index contributed by atoms with van der Waals surface area (Å²) < 4.78 is 0.952. The maximum atomic E-state index is 13.5. The molecule has 0 radical (unpaired) electrons. The van der Waals surface area contributed by atoms with Gasteiger partial charge in [-0.2, -0.15) is 5.26 Å². The molecule has 3 aromatic rings. The molecule has 34 heavy (non-hydrogen) atoms. The van der Waals surface area contributed by atoms with Crippen molar-refractivity contribution in [3.05, 3.63) is 104 Å². The quantitative estimate of drug-likeness (QED) is 0.291. The largest absolute Gasteiger partial charge is 0.321 e. The first-order valence-corrected chi connectivity index (χ1v) is 12.4. The van der Waals surface area contributed by atoms with E-state index in [0.717, 1.165) is 15.6 Å². The summed E-state index contributed by atoms with van der Waals surface area (Å²) in [6.07, 6.45) is 0.470. The summed E-state index contributed by atoms with van der Waals surface area (Å²) in [5, 5.41) is 13.0. The maximum Gasteiger partial charge on any atom is 0.269 e. The number of rotatable bonds is 5. The van der Waals surface area contributed by atoms with E-state index in [0.29, 0.717) is 27.8 Å². The lowest BCUT2D eigenvalue weighted by Gasteiger charge is -2.18. The Labute approximate surface area is 215 Å². The number of amides is 2. The Morgan fingerprint density at radius 3 is 2.50 bits per heavy atom. The van der Waals surface area contributed by atoms with Gasteiger partial charge in [0.2, 0.25) is 5.91 Å². The van der Waals surface area contributed by atoms with E-state index in [1.807, 2.05) is 55.5 Å². The summed E-state index contributed by atoms with van der Waals surface area (Å²) >= 11 is 10.8. The second-order valence-corrected chi connectivity index (χ2v) is 10.2. The van der Waals surface area contributed by atoms with Crippen molar-refractivity contribution >= 4 is 62.5 Å². The number of carbonyl (C=O) groups excluding carboxylic acids is 2. The smallest absolute Gasteiger partial charge is 0.269 e. The van der Waals surface area contributed by atoms with Crippen LogP contribution >= 0.6 is 39.3 Å². The number of aryl methyl sites for hydroxylation is 1. The van der Waals surface area contributed by atoms with Gasteiger partial charge in [0.05, 0.1) is 5.25 Å². The minimum Gasteiger partial charge on any atom is -0.321 e. The molecule has 170 valence electrons. The molecule has 1 fully saturated rings. The number of para-hydroxylation sites is 1. The van der Waals surface area contributed by atoms with Crippen LogP contribution in [-0.4, -0.2) is 17.1 Å². The molecule has 0 aliphatic carbocycles. The molecule has 1 atom stereocenters. The molecule has 0 bridgehead atoms. The van der Waals surface area contributed by atoms with Crippen LogP contribution in [0.1, 0.15) is 11.1 Å². The predicted octanol–water partition coefficient (Wildman–Crippen LogP) is 6.48. The van der Waals surface area contributed by atoms with Crippen LogP contribution in [0.25, 0.3) is 0 Å². The Kier molecular flexibility index (Phi) is 7.42. The summed E-state index contributed by atoms with van der Waals surface area (Å²) in [7, 11) is 0. The van der Waals surface area contributed by atoms with Gasteiger partial charge in [-0.25, -0.2) is 0 Å². The summed E-state index contributed by atoms with van der Waals surface area (Å²) in [5.41, 5.74) is 2.81. The number of nitrogens with zero attached hydrogens (tertiary/aromatic N) is 2. The molecule has 5 nitrogen and oxygen atoms in total. The molecule has 4 rings (SSSR count). The van der Waals surface area contributed by atoms with Gasteiger partial charge in [-0.05, 0) is 60.9 Å². The number of halogens is 2. The molecule has 1 N–H and O–H groups in total. The monoisotopic (exact) mass is 551 g/mol. The number of anilines is 2. The number of hydrogen-bond donors (Lipinski definition) is 1. The summed E-state index contributed by atoms with van der Waals surface area (Å²) in [6, 6.07) is 23.9. The maximum absolute atomic E-state index is 13.5. The van der Waals surface area contributed by atoms with E-state index in [-0.39, 0.29) is 11.5 Å². The predicted molar refractivity (Wildman–Crippen MR) is 141 cm³/mol. The number of thioether (sulfide) groups is 1. The van der Waals surface area contributed by atoms with Gasteiger partial charge in [-0.15, -0.1) is 0 Å². The number of nitriles is 1. The van der Waals surface area contributed by atoms with E-state index in [2.05, 4.69) is 21.2 Å². The van der Waals surface area contributed by atoms with Crippen molar-refractivity contribution in [3.8, 4) is 6.07 Å². The summed E-state index contributed by atoms with van der Waals surface area (Å²) in [4.78, 5) is 28.1. The fourth-order valence-corrected chi connectivity index (χ4v) is 5.25. The van der Waals surface area contributed by atoms with Crippen molar-refractivity contribution < 1.29 is 9.59 Å². The molecule has 0 saturated carbocycles. The van der Waals surface area contributed by atoms with Gasteiger partial charge in [0.25, 0.3) is 5.91 Å². The molecular weight excluding hydrogens is 534 g/mol. The highest BCUT2D eigenvalue weighted by Crippen LogP contribution is 2.42. The first-order valence-electron chi connectivity index (χ1n) is 10.4. The Morgan fingerprint density at radius 1 is 1.15 bits per heavy atom. The van der Waals surface area contributed by atoms with E-state index in [4.69, 9.17) is 11.6 Å². The third-order valence-electron chi connectivity index (χ3n) is 5.28. The third kappa shape index (κ3) is 5.20. The molecule has 3 aromatic carbocycles. The van der Waals surface area contributed by atoms with Gasteiger partial charge in [0.15, 0.2) is 0 Å². The molecule has 0 spiro atoms. The lowest BCUT2D eigenvalue weighted by atomic mass is 10.1. The van der Waals surface area contributed by atoms with E-state index in [1.54, 1.807) is 30.3 Å². The third-order valence-corrected chi connectivity index (χ3v) is 7.48. The number of nitrogens with one attached hydrogen (secondary N) is 1. The average Bonchev–Trinajstić information content (AvgIpc) is 3.14. The average molecular weight is 553 g/mol. The van der Waals surface area contributed by atoms with Crippen molar-refractivity contribution in [1.82, 2.24) is 0 Å². The van der Waals surface area contributed by atoms with Gasteiger partial charge in [0, 0.05) is 20.9 Å². The molecule has 2 amide bonds. The van der Waals surface area contributed by atoms with Crippen LogP contribution in [-0.2, 0) is 16.0 Å². The van der Waals surface area contributed by atoms with E-state index < -0.39 is 11.2 Å². The van der Waals surface area contributed by atoms with Crippen molar-refractivity contribution in [3.63, 3.8) is 0 Å². The molecular formula is C26H19BrClN3O2S. The van der Waals surface area contributed by atoms with Crippen LogP contribution in [0.5, 0.6) is 0 Å². The van der Waals surface area contributed by atoms with E-state index in [9.17, 15) is 14.9 Å². The Bertz CT molecular complexity index is 1320. The fraction of sp³-hybridized carbons (Fsp3) is 0.115. The van der Waals surface area contributed by atoms with Gasteiger partial charge < -0.3 is 5.32 Å². The van der Waals surface area contributed by atoms with Crippen molar-refractivity contribution in [2.45, 2.75) is 18.6 Å². The van der Waals surface area contributed by atoms with Gasteiger partial charge in [-0.3, -0.25) is 14.5 Å². The Morgan fingerprint density at radius 2 is 1.85 bits per heavy atom. The second kappa shape index (κ2) is 10.5. The number of benzene rings is 3. The number of carbonyl (C=O) groups is 2. The topological polar surface area (TPSA) is 73.2 Å². The van der Waals surface area contributed by atoms with E-state index in [1.165, 1.54) is 16.7 Å². The molecule has 1 aliphatic heterocycles. The van der Waals surface area contributed by atoms with Gasteiger partial charge in [-0.1, -0.05) is 75.7 Å². The highest BCUT2D eigenvalue weighted by molar-refractivity contribution is 9.10. The SMILES string of the molecule is Cc1ccc(NC(=O)/C(C#N)=C2\SC(Cc3ccc(Br)cc3)C(=O)N2c2ccccc2)cc1Cl. The zero-order chi connectivity index (χ0) is 24.2. The van der Waals surface area contributed by atoms with Crippen LogP contribution in [0, 0.1) is 18.3 Å². The summed E-state index contributed by atoms with van der Waals surface area (Å²) in [5.74, 6) is -0.768. The van der Waals surface area contributed by atoms with Gasteiger partial charge in [0.1, 0.15) is 16.7 Å². The Balaban J connectivity index is 1.70. The van der Waals surface area contributed by atoms with Gasteiger partial charge >= 0.3 is 0 Å². The molecule has 1 unspecified atom stereocenters. The minimum atomic E-state index is -0.594. The standard InChI is InChI=1S/C26H19BrClN3O2S/c1-16-7-12-19(14-22(16)28)30-24(32)21(15-29)26-31(20-5-3-2-4-6-20)25(33)23(34-26)13-17-8-10-18(27)11-9-17/h2-12,14,23H,13H2,1H3,(H,30,32)/b26-21-. The van der Waals surface area contributed by atoms with Crippen molar-refractivity contribution in [2.75, 3.05) is 10.2 Å². The van der Waals surface area contributed by atoms with Crippen LogP contribution in [0.15, 0.2) is 87.9 Å². The minimum absolute atomic E-state index is 0.128. The van der Waals surface area contributed by atoms with Crippen molar-refractivity contribution in [2.24, 2.45) is 0 Å². The first kappa shape index (κ1) is 24.1. The van der Waals surface area contributed by atoms with Crippen molar-refractivity contribution in [1.29, 1.82) is 5.26 Å². The second-order valence-electron chi connectivity index (χ2n) is 7.66. The normalized spacial score (nSPS) is 16.8. The lowest BCUT2D eigenvalue weighted by molar-refractivity contribution is -0.117. The zero-order valence-electron chi connectivity index (χ0n) is 18.1. The highest BCUT2D eigenvalue weighted by atomic mass is 79.9. The lowest BCUT2D eigenvalue weighted by Crippen LogP contribution is -2.30. The molecule has 1 heterocycles. The molecule has 1 saturated heterocycles. The van der Waals surface area contributed by atoms with E-state index >= 15 is 0 Å². The van der Waals surface area contributed by atoms with Crippen LogP contribution in [0.4, 0.5) is 11.4 Å². The van der Waals surface area contributed by atoms with Crippen LogP contribution in [0.3, 0.4) is 0 Å². The molecule has 8 heteroatoms. The highest BCUT2D eigenvalue weighted by Gasteiger charge is 2.40. The zero-order valence-corrected chi connectivity index (χ0v) is 21.2.